The molecule has 0 aliphatic heterocycles. The van der Waals surface area contributed by atoms with Gasteiger partial charge in [-0.15, -0.1) is 0 Å². The molecular formula is C14H16N8OS. The van der Waals surface area contributed by atoms with Gasteiger partial charge < -0.3 is 21.4 Å². The Morgan fingerprint density at radius 1 is 1.33 bits per heavy atom. The zero-order chi connectivity index (χ0) is 16.9. The highest BCUT2D eigenvalue weighted by Gasteiger charge is 2.08. The number of imidazole rings is 1. The van der Waals surface area contributed by atoms with Crippen LogP contribution in [0, 0.1) is 6.92 Å². The van der Waals surface area contributed by atoms with E-state index in [1.54, 1.807) is 18.6 Å². The number of nitrogens with zero attached hydrogens (tertiary/aromatic N) is 4. The molecule has 124 valence electrons. The first-order valence-electron chi connectivity index (χ1n) is 7.19. The van der Waals surface area contributed by atoms with Crippen molar-refractivity contribution in [1.82, 2.24) is 24.9 Å². The number of thiazole rings is 1. The summed E-state index contributed by atoms with van der Waals surface area (Å²) in [5.74, 6) is 1.42. The number of aryl methyl sites for hydroxylation is 1. The van der Waals surface area contributed by atoms with E-state index in [-0.39, 0.29) is 0 Å². The number of nitrogens with one attached hydrogen (secondary N) is 3. The van der Waals surface area contributed by atoms with E-state index in [0.717, 1.165) is 12.1 Å². The molecule has 1 amide bonds. The molecule has 0 aliphatic carbocycles. The minimum Gasteiger partial charge on any atom is -0.370 e. The molecule has 0 saturated heterocycles. The molecule has 10 heteroatoms. The molecule has 9 nitrogen and oxygen atoms in total. The molecular weight excluding hydrogens is 328 g/mol. The van der Waals surface area contributed by atoms with Crippen LogP contribution < -0.4 is 16.4 Å². The summed E-state index contributed by atoms with van der Waals surface area (Å²) in [4.78, 5) is 31.3. The summed E-state index contributed by atoms with van der Waals surface area (Å²) < 4.78 is 0. The van der Waals surface area contributed by atoms with Gasteiger partial charge in [0, 0.05) is 30.9 Å². The van der Waals surface area contributed by atoms with Crippen LogP contribution in [0.2, 0.25) is 0 Å². The fraction of sp³-hybridized carbons (Fsp3) is 0.214. The Kier molecular flexibility index (Phi) is 4.66. The van der Waals surface area contributed by atoms with Gasteiger partial charge in [-0.3, -0.25) is 4.79 Å². The number of primary amides is 1. The number of rotatable bonds is 7. The molecule has 24 heavy (non-hydrogen) atoms. The van der Waals surface area contributed by atoms with Gasteiger partial charge in [0.05, 0.1) is 12.5 Å². The van der Waals surface area contributed by atoms with Gasteiger partial charge in [-0.25, -0.2) is 19.9 Å². The Morgan fingerprint density at radius 2 is 2.17 bits per heavy atom. The fourth-order valence-electron chi connectivity index (χ4n) is 2.02. The molecule has 3 aromatic heterocycles. The minimum atomic E-state index is -0.499. The number of H-pyrrole nitrogens is 1. The van der Waals surface area contributed by atoms with Gasteiger partial charge in [0.25, 0.3) is 5.91 Å². The summed E-state index contributed by atoms with van der Waals surface area (Å²) in [6.07, 6.45) is 5.69. The molecule has 0 aliphatic rings. The lowest BCUT2D eigenvalue weighted by Gasteiger charge is -2.08. The number of amides is 1. The van der Waals surface area contributed by atoms with E-state index in [1.165, 1.54) is 17.5 Å². The molecule has 0 aromatic carbocycles. The topological polar surface area (TPSA) is 134 Å². The van der Waals surface area contributed by atoms with Crippen molar-refractivity contribution in [1.29, 1.82) is 0 Å². The van der Waals surface area contributed by atoms with Crippen LogP contribution in [0.15, 0.2) is 24.8 Å². The van der Waals surface area contributed by atoms with Gasteiger partial charge in [0.1, 0.15) is 22.3 Å². The third-order valence-corrected chi connectivity index (χ3v) is 4.00. The van der Waals surface area contributed by atoms with E-state index in [9.17, 15) is 4.79 Å². The average molecular weight is 344 g/mol. The van der Waals surface area contributed by atoms with Crippen molar-refractivity contribution in [3.8, 4) is 0 Å². The van der Waals surface area contributed by atoms with Crippen LogP contribution in [0.4, 0.5) is 16.8 Å². The van der Waals surface area contributed by atoms with Gasteiger partial charge in [-0.05, 0) is 6.92 Å². The highest BCUT2D eigenvalue weighted by atomic mass is 32.1. The predicted octanol–water partition coefficient (Wildman–Crippen LogP) is 1.46. The van der Waals surface area contributed by atoms with Crippen molar-refractivity contribution in [3.63, 3.8) is 0 Å². The van der Waals surface area contributed by atoms with Crippen molar-refractivity contribution in [2.45, 2.75) is 13.3 Å². The number of aromatic nitrogens is 5. The van der Waals surface area contributed by atoms with Crippen molar-refractivity contribution >= 4 is 34.0 Å². The van der Waals surface area contributed by atoms with Crippen LogP contribution in [-0.4, -0.2) is 37.4 Å². The van der Waals surface area contributed by atoms with Crippen molar-refractivity contribution < 1.29 is 4.79 Å². The first kappa shape index (κ1) is 15.9. The molecule has 3 aromatic rings. The van der Waals surface area contributed by atoms with Crippen LogP contribution in [0.1, 0.15) is 21.2 Å². The molecule has 0 spiro atoms. The fourth-order valence-corrected chi connectivity index (χ4v) is 2.70. The molecule has 3 rings (SSSR count). The Morgan fingerprint density at radius 3 is 2.88 bits per heavy atom. The number of hydrogen-bond donors (Lipinski definition) is 4. The first-order chi connectivity index (χ1) is 11.6. The van der Waals surface area contributed by atoms with Gasteiger partial charge in [-0.1, -0.05) is 11.3 Å². The largest absolute Gasteiger partial charge is 0.370 e. The van der Waals surface area contributed by atoms with E-state index >= 15 is 0 Å². The molecule has 5 N–H and O–H groups in total. The lowest BCUT2D eigenvalue weighted by Crippen LogP contribution is -2.08. The first-order valence-corrected chi connectivity index (χ1v) is 8.01. The lowest BCUT2D eigenvalue weighted by atomic mass is 10.3. The third-order valence-electron chi connectivity index (χ3n) is 3.08. The SMILES string of the molecule is Cc1nc(NCCc2cnc[nH]2)cc(Nc2ncc(C(N)=O)s2)n1. The van der Waals surface area contributed by atoms with E-state index in [0.29, 0.717) is 34.0 Å². The van der Waals surface area contributed by atoms with Crippen LogP contribution in [0.5, 0.6) is 0 Å². The Bertz CT molecular complexity index is 829. The summed E-state index contributed by atoms with van der Waals surface area (Å²) in [5, 5.41) is 6.85. The third kappa shape index (κ3) is 4.04. The Labute approximate surface area is 141 Å². The maximum Gasteiger partial charge on any atom is 0.260 e. The zero-order valence-electron chi connectivity index (χ0n) is 12.9. The molecule has 0 bridgehead atoms. The van der Waals surface area contributed by atoms with E-state index in [4.69, 9.17) is 5.73 Å². The summed E-state index contributed by atoms with van der Waals surface area (Å²) in [5.41, 5.74) is 6.27. The number of hydrogen-bond acceptors (Lipinski definition) is 8. The van der Waals surface area contributed by atoms with Crippen molar-refractivity contribution in [2.75, 3.05) is 17.2 Å². The van der Waals surface area contributed by atoms with Crippen LogP contribution in [-0.2, 0) is 6.42 Å². The highest BCUT2D eigenvalue weighted by Crippen LogP contribution is 2.22. The van der Waals surface area contributed by atoms with Crippen molar-refractivity contribution in [3.05, 3.63) is 41.2 Å². The monoisotopic (exact) mass is 344 g/mol. The highest BCUT2D eigenvalue weighted by molar-refractivity contribution is 7.17. The van der Waals surface area contributed by atoms with Gasteiger partial charge >= 0.3 is 0 Å². The van der Waals surface area contributed by atoms with Gasteiger partial charge in [0.15, 0.2) is 5.13 Å². The summed E-state index contributed by atoms with van der Waals surface area (Å²) in [6.45, 7) is 2.52. The molecule has 0 atom stereocenters. The van der Waals surface area contributed by atoms with Gasteiger partial charge in [-0.2, -0.15) is 0 Å². The van der Waals surface area contributed by atoms with Crippen LogP contribution in [0.3, 0.4) is 0 Å². The lowest BCUT2D eigenvalue weighted by molar-refractivity contribution is 0.100. The van der Waals surface area contributed by atoms with E-state index < -0.39 is 5.91 Å². The van der Waals surface area contributed by atoms with Crippen molar-refractivity contribution in [2.24, 2.45) is 5.73 Å². The molecule has 0 saturated carbocycles. The number of nitrogens with two attached hydrogens (primary N) is 1. The van der Waals surface area contributed by atoms with Crippen LogP contribution >= 0.6 is 11.3 Å². The van der Waals surface area contributed by atoms with Gasteiger partial charge in [0.2, 0.25) is 0 Å². The quantitative estimate of drug-likeness (QED) is 0.509. The number of anilines is 3. The smallest absolute Gasteiger partial charge is 0.260 e. The second kappa shape index (κ2) is 7.04. The molecule has 0 fully saturated rings. The summed E-state index contributed by atoms with van der Waals surface area (Å²) in [7, 11) is 0. The Hall–Kier alpha value is -3.01. The number of carbonyl (C=O) groups is 1. The second-order valence-corrected chi connectivity index (χ2v) is 5.99. The van der Waals surface area contributed by atoms with E-state index in [2.05, 4.69) is 35.6 Å². The average Bonchev–Trinajstić information content (AvgIpc) is 3.18. The normalized spacial score (nSPS) is 10.5. The van der Waals surface area contributed by atoms with E-state index in [1.807, 2.05) is 6.92 Å². The zero-order valence-corrected chi connectivity index (χ0v) is 13.7. The molecule has 0 unspecified atom stereocenters. The maximum absolute atomic E-state index is 11.1. The summed E-state index contributed by atoms with van der Waals surface area (Å²) in [6, 6.07) is 1.78. The number of carbonyl (C=O) groups excluding carboxylic acids is 1. The second-order valence-electron chi connectivity index (χ2n) is 4.96. The molecule has 3 heterocycles. The summed E-state index contributed by atoms with van der Waals surface area (Å²) >= 11 is 1.17. The minimum absolute atomic E-state index is 0.390. The number of aromatic amines is 1. The molecule has 0 radical (unpaired) electrons. The predicted molar refractivity (Wildman–Crippen MR) is 91.5 cm³/mol. The Balaban J connectivity index is 1.65. The standard InChI is InChI=1S/C14H16N8OS/c1-8-20-11(17-3-2-9-5-16-7-19-9)4-12(21-8)22-14-18-6-10(24-14)13(15)23/h4-7H,2-3H2,1H3,(H2,15,23)(H,16,19)(H2,17,18,20,21,22). The maximum atomic E-state index is 11.1. The van der Waals surface area contributed by atoms with Crippen LogP contribution in [0.25, 0.3) is 0 Å².